The Morgan fingerprint density at radius 1 is 0.194 bits per heavy atom. The summed E-state index contributed by atoms with van der Waals surface area (Å²) in [5.74, 6) is 0. The molecular weight excluding hydrogens is 528 g/mol. The van der Waals surface area contributed by atoms with E-state index in [1.165, 1.54) is 0 Å². The van der Waals surface area contributed by atoms with Crippen LogP contribution in [0.1, 0.15) is 0 Å². The SMILES string of the molecule is N.N.N.N.N.N.N.N.N.N.N.N.O=C(O)O.O=C(O)O.O=C(O)O.O=C(O)O.O=C(O)O.O=C(O)O. The summed E-state index contributed by atoms with van der Waals surface area (Å²) in [4.78, 5) is 51.3. The Kier molecular flexibility index (Phi) is 675. The van der Waals surface area contributed by atoms with Gasteiger partial charge < -0.3 is 135 Å². The van der Waals surface area contributed by atoms with Crippen molar-refractivity contribution in [3.05, 3.63) is 0 Å². The van der Waals surface area contributed by atoms with Crippen LogP contribution in [0, 0.1) is 0 Å². The molecule has 0 aromatic heterocycles. The van der Waals surface area contributed by atoms with Crippen molar-refractivity contribution in [3.8, 4) is 0 Å². The fraction of sp³-hybridized carbons (Fsp3) is 0. The Balaban J connectivity index is -0.00000000633. The molecule has 0 aliphatic heterocycles. The zero-order valence-corrected chi connectivity index (χ0v) is 19.3. The molecule has 0 bridgehead atoms. The van der Waals surface area contributed by atoms with E-state index in [1.54, 1.807) is 0 Å². The lowest BCUT2D eigenvalue weighted by molar-refractivity contribution is 0.135. The molecule has 0 atom stereocenters. The summed E-state index contributed by atoms with van der Waals surface area (Å²) in [7, 11) is 0. The van der Waals surface area contributed by atoms with E-state index in [9.17, 15) is 0 Å². The molecule has 0 radical (unpaired) electrons. The first kappa shape index (κ1) is 164. The Hall–Kier alpha value is -4.86. The first-order chi connectivity index (χ1) is 10.4. The van der Waals surface area contributed by atoms with E-state index in [0.717, 1.165) is 0 Å². The van der Waals surface area contributed by atoms with Gasteiger partial charge in [0.25, 0.3) is 0 Å². The van der Waals surface area contributed by atoms with Gasteiger partial charge in [-0.1, -0.05) is 0 Å². The molecule has 0 spiro atoms. The van der Waals surface area contributed by atoms with E-state index in [-0.39, 0.29) is 73.8 Å². The van der Waals surface area contributed by atoms with Crippen LogP contribution < -0.4 is 73.8 Å². The number of carbonyl (C=O) groups is 6. The monoisotopic (exact) mass is 576 g/mol. The lowest BCUT2D eigenvalue weighted by Crippen LogP contribution is -1.81. The Morgan fingerprint density at radius 3 is 0.194 bits per heavy atom. The zero-order valence-electron chi connectivity index (χ0n) is 19.3. The summed E-state index contributed by atoms with van der Waals surface area (Å²) in [6.45, 7) is 0. The zero-order chi connectivity index (χ0) is 21.5. The summed E-state index contributed by atoms with van der Waals surface area (Å²) in [6.07, 6.45) is -11.0. The average molecular weight is 577 g/mol. The number of carboxylic acid groups (broad SMARTS) is 12. The molecule has 0 aromatic carbocycles. The predicted molar refractivity (Wildman–Crippen MR) is 124 cm³/mol. The predicted octanol–water partition coefficient (Wildman–Crippen LogP) is 3.28. The van der Waals surface area contributed by atoms with E-state index < -0.39 is 36.9 Å². The lowest BCUT2D eigenvalue weighted by Gasteiger charge is -1.60. The van der Waals surface area contributed by atoms with E-state index in [4.69, 9.17) is 90.0 Å². The van der Waals surface area contributed by atoms with Crippen molar-refractivity contribution in [3.63, 3.8) is 0 Å². The van der Waals surface area contributed by atoms with Crippen molar-refractivity contribution in [1.82, 2.24) is 73.8 Å². The third kappa shape index (κ3) is 977. The van der Waals surface area contributed by atoms with Crippen molar-refractivity contribution < 1.29 is 90.0 Å². The molecule has 240 valence electrons. The minimum atomic E-state index is -1.83. The van der Waals surface area contributed by atoms with E-state index in [0.29, 0.717) is 0 Å². The van der Waals surface area contributed by atoms with Crippen LogP contribution in [0.25, 0.3) is 0 Å². The molecule has 0 aliphatic rings. The highest BCUT2D eigenvalue weighted by Gasteiger charge is 1.72. The van der Waals surface area contributed by atoms with Gasteiger partial charge >= 0.3 is 36.9 Å². The van der Waals surface area contributed by atoms with Gasteiger partial charge in [0.1, 0.15) is 0 Å². The molecule has 0 fully saturated rings. The fourth-order valence-electron chi connectivity index (χ4n) is 0. The normalized spacial score (nSPS) is 4.00. The molecule has 48 N–H and O–H groups in total. The van der Waals surface area contributed by atoms with Gasteiger partial charge in [-0.05, 0) is 0 Å². The molecule has 0 saturated carbocycles. The molecule has 0 unspecified atom stereocenters. The van der Waals surface area contributed by atoms with Crippen LogP contribution in [0.2, 0.25) is 0 Å². The molecule has 30 heteroatoms. The minimum Gasteiger partial charge on any atom is -0.450 e. The lowest BCUT2D eigenvalue weighted by atomic mass is 11.5. The van der Waals surface area contributed by atoms with E-state index in [2.05, 4.69) is 0 Å². The van der Waals surface area contributed by atoms with Crippen LogP contribution in [-0.4, -0.2) is 98.2 Å². The number of hydrogen-bond acceptors (Lipinski definition) is 18. The minimum absolute atomic E-state index is 0. The van der Waals surface area contributed by atoms with Gasteiger partial charge in [-0.15, -0.1) is 0 Å². The van der Waals surface area contributed by atoms with Gasteiger partial charge in [0, 0.05) is 0 Å². The summed E-state index contributed by atoms with van der Waals surface area (Å²) < 4.78 is 0. The number of hydrogen-bond donors (Lipinski definition) is 24. The Labute approximate surface area is 202 Å². The Bertz CT molecular complexity index is 284. The highest BCUT2D eigenvalue weighted by Crippen LogP contribution is 1.44. The van der Waals surface area contributed by atoms with Crippen LogP contribution in [0.5, 0.6) is 0 Å². The summed E-state index contributed by atoms with van der Waals surface area (Å²) in [5, 5.41) is 83.7. The van der Waals surface area contributed by atoms with Crippen molar-refractivity contribution in [2.45, 2.75) is 0 Å². The molecule has 0 aliphatic carbocycles. The maximum atomic E-state index is 8.56. The summed E-state index contributed by atoms with van der Waals surface area (Å²) in [6, 6.07) is 0. The molecule has 0 heterocycles. The highest BCUT2D eigenvalue weighted by atomic mass is 16.6. The van der Waals surface area contributed by atoms with Gasteiger partial charge in [-0.3, -0.25) is 0 Å². The molecular formula is C6H48N12O18. The molecule has 0 rings (SSSR count). The van der Waals surface area contributed by atoms with E-state index >= 15 is 0 Å². The molecule has 0 amide bonds. The molecule has 30 nitrogen and oxygen atoms in total. The summed E-state index contributed by atoms with van der Waals surface area (Å²) >= 11 is 0. The standard InChI is InChI=1S/6CH2O3.12H3N/c6*2-1(3)4;;;;;;;;;;;;/h6*(H2,2,3,4);12*1H3. The highest BCUT2D eigenvalue weighted by molar-refractivity contribution is 5.54. The first-order valence-electron chi connectivity index (χ1n) is 3.91. The quantitative estimate of drug-likeness (QED) is 0.196. The van der Waals surface area contributed by atoms with Crippen LogP contribution in [0.4, 0.5) is 28.8 Å². The summed E-state index contributed by atoms with van der Waals surface area (Å²) in [5.41, 5.74) is 0. The van der Waals surface area contributed by atoms with Crippen molar-refractivity contribution in [2.75, 3.05) is 0 Å². The fourth-order valence-corrected chi connectivity index (χ4v) is 0. The van der Waals surface area contributed by atoms with Gasteiger partial charge in [0.05, 0.1) is 0 Å². The average Bonchev–Trinajstić information content (AvgIpc) is 2.08. The maximum absolute atomic E-state index is 8.56. The van der Waals surface area contributed by atoms with Crippen molar-refractivity contribution >= 4 is 36.9 Å². The van der Waals surface area contributed by atoms with Gasteiger partial charge in [0.2, 0.25) is 0 Å². The van der Waals surface area contributed by atoms with Crippen LogP contribution in [-0.2, 0) is 0 Å². The van der Waals surface area contributed by atoms with Crippen molar-refractivity contribution in [1.29, 1.82) is 0 Å². The second kappa shape index (κ2) is 148. The second-order valence-electron chi connectivity index (χ2n) is 1.70. The maximum Gasteiger partial charge on any atom is 0.503 e. The third-order valence-corrected chi connectivity index (χ3v) is 0. The Morgan fingerprint density at radius 2 is 0.194 bits per heavy atom. The van der Waals surface area contributed by atoms with Crippen LogP contribution in [0.3, 0.4) is 0 Å². The number of rotatable bonds is 0. The topological polar surface area (TPSA) is 765 Å². The van der Waals surface area contributed by atoms with Gasteiger partial charge in [-0.2, -0.15) is 0 Å². The molecule has 0 aromatic rings. The van der Waals surface area contributed by atoms with Gasteiger partial charge in [0.15, 0.2) is 0 Å². The molecule has 36 heavy (non-hydrogen) atoms. The van der Waals surface area contributed by atoms with Crippen molar-refractivity contribution in [2.24, 2.45) is 0 Å². The van der Waals surface area contributed by atoms with Gasteiger partial charge in [-0.25, -0.2) is 28.8 Å². The largest absolute Gasteiger partial charge is 0.503 e. The van der Waals surface area contributed by atoms with E-state index in [1.807, 2.05) is 0 Å². The first-order valence-corrected chi connectivity index (χ1v) is 3.91. The third-order valence-electron chi connectivity index (χ3n) is 0. The van der Waals surface area contributed by atoms with Crippen LogP contribution >= 0.6 is 0 Å². The van der Waals surface area contributed by atoms with Crippen LogP contribution in [0.15, 0.2) is 0 Å². The second-order valence-corrected chi connectivity index (χ2v) is 1.70. The molecule has 0 saturated heterocycles. The smallest absolute Gasteiger partial charge is 0.450 e.